The van der Waals surface area contributed by atoms with Gasteiger partial charge in [0, 0.05) is 19.9 Å². The summed E-state index contributed by atoms with van der Waals surface area (Å²) in [6.45, 7) is 3.25. The number of carbonyl (C=O) groups excluding carboxylic acids is 1. The summed E-state index contributed by atoms with van der Waals surface area (Å²) in [7, 11) is 1.49. The normalized spacial score (nSPS) is 11.6. The zero-order chi connectivity index (χ0) is 28.4. The fourth-order valence-corrected chi connectivity index (χ4v) is 4.79. The van der Waals surface area contributed by atoms with Gasteiger partial charge in [0.05, 0.1) is 30.3 Å². The van der Waals surface area contributed by atoms with E-state index in [-0.39, 0.29) is 24.1 Å². The molecule has 0 aliphatic rings. The number of methoxy groups -OCH3 is 1. The Bertz CT molecular complexity index is 1830. The Hall–Kier alpha value is -3.96. The van der Waals surface area contributed by atoms with Crippen molar-refractivity contribution in [1.29, 1.82) is 0 Å². The lowest BCUT2D eigenvalue weighted by Gasteiger charge is -2.13. The van der Waals surface area contributed by atoms with Crippen molar-refractivity contribution in [2.24, 2.45) is 5.10 Å². The van der Waals surface area contributed by atoms with Crippen LogP contribution in [0.1, 0.15) is 19.4 Å². The Morgan fingerprint density at radius 3 is 2.67 bits per heavy atom. The summed E-state index contributed by atoms with van der Waals surface area (Å²) in [6.07, 6.45) is 1.26. The molecule has 2 heterocycles. The maximum Gasteiger partial charge on any atom is 0.344 e. The van der Waals surface area contributed by atoms with Crippen molar-refractivity contribution in [3.63, 3.8) is 0 Å². The summed E-state index contributed by atoms with van der Waals surface area (Å²) in [4.78, 5) is 30.2. The van der Waals surface area contributed by atoms with Gasteiger partial charge < -0.3 is 18.6 Å². The van der Waals surface area contributed by atoms with Gasteiger partial charge >= 0.3 is 5.97 Å². The Morgan fingerprint density at radius 2 is 1.90 bits per heavy atom. The Balaban J connectivity index is 1.55. The highest BCUT2D eigenvalue weighted by Crippen LogP contribution is 2.33. The number of halogens is 2. The number of ether oxygens (including phenoxy) is 3. The molecular formula is C29H23Br2N3O6. The van der Waals surface area contributed by atoms with Crippen molar-refractivity contribution in [1.82, 2.24) is 9.66 Å². The lowest BCUT2D eigenvalue weighted by atomic mass is 10.2. The molecule has 0 aliphatic heterocycles. The van der Waals surface area contributed by atoms with Crippen LogP contribution in [-0.4, -0.2) is 41.7 Å². The van der Waals surface area contributed by atoms with Crippen LogP contribution in [0, 0.1) is 0 Å². The second kappa shape index (κ2) is 11.6. The van der Waals surface area contributed by atoms with Crippen LogP contribution < -0.4 is 15.0 Å². The first kappa shape index (κ1) is 27.6. The molecule has 0 amide bonds. The van der Waals surface area contributed by atoms with Crippen LogP contribution in [0.2, 0.25) is 0 Å². The van der Waals surface area contributed by atoms with Gasteiger partial charge in [0.25, 0.3) is 5.56 Å². The molecule has 0 atom stereocenters. The number of hydrogen-bond donors (Lipinski definition) is 0. The maximum absolute atomic E-state index is 13.6. The Kier molecular flexibility index (Phi) is 8.04. The number of para-hydroxylation sites is 1. The molecule has 0 bridgehead atoms. The number of fused-ring (bicyclic) bond motifs is 2. The highest BCUT2D eigenvalue weighted by molar-refractivity contribution is 9.10. The minimum absolute atomic E-state index is 0.248. The third-order valence-corrected chi connectivity index (χ3v) is 6.94. The van der Waals surface area contributed by atoms with Crippen molar-refractivity contribution in [3.8, 4) is 23.1 Å². The SMILES string of the molecule is COc1cc(C=Nn2c(-c3cc4cc(Br)ccc4o3)nc3ccccc3c2=O)c(Br)cc1OCC(=O)OC(C)C. The van der Waals surface area contributed by atoms with E-state index >= 15 is 0 Å². The zero-order valence-electron chi connectivity index (χ0n) is 21.7. The van der Waals surface area contributed by atoms with Crippen LogP contribution in [0.15, 0.2) is 83.9 Å². The molecule has 0 saturated carbocycles. The largest absolute Gasteiger partial charge is 0.493 e. The quantitative estimate of drug-likeness (QED) is 0.136. The predicted molar refractivity (Wildman–Crippen MR) is 159 cm³/mol. The number of rotatable bonds is 8. The van der Waals surface area contributed by atoms with Gasteiger partial charge in [0.15, 0.2) is 23.9 Å². The summed E-state index contributed by atoms with van der Waals surface area (Å²) in [5.74, 6) is 0.855. The number of aromatic nitrogens is 2. The van der Waals surface area contributed by atoms with Gasteiger partial charge in [-0.05, 0) is 78.3 Å². The Labute approximate surface area is 245 Å². The van der Waals surface area contributed by atoms with E-state index in [1.165, 1.54) is 18.0 Å². The summed E-state index contributed by atoms with van der Waals surface area (Å²) < 4.78 is 25.0. The van der Waals surface area contributed by atoms with Gasteiger partial charge in [-0.2, -0.15) is 9.78 Å². The molecule has 40 heavy (non-hydrogen) atoms. The van der Waals surface area contributed by atoms with Gasteiger partial charge in [0.1, 0.15) is 5.58 Å². The molecular weight excluding hydrogens is 646 g/mol. The monoisotopic (exact) mass is 667 g/mol. The average molecular weight is 669 g/mol. The zero-order valence-corrected chi connectivity index (χ0v) is 24.9. The molecule has 11 heteroatoms. The fraction of sp³-hybridized carbons (Fsp3) is 0.172. The first-order valence-electron chi connectivity index (χ1n) is 12.2. The molecule has 0 spiro atoms. The molecule has 0 aliphatic carbocycles. The molecule has 5 rings (SSSR count). The number of esters is 1. The molecule has 0 N–H and O–H groups in total. The topological polar surface area (TPSA) is 105 Å². The van der Waals surface area contributed by atoms with Gasteiger partial charge in [-0.25, -0.2) is 9.78 Å². The van der Waals surface area contributed by atoms with E-state index in [2.05, 4.69) is 37.0 Å². The van der Waals surface area contributed by atoms with E-state index in [0.717, 1.165) is 9.86 Å². The average Bonchev–Trinajstić information content (AvgIpc) is 3.34. The lowest BCUT2D eigenvalue weighted by Crippen LogP contribution is -2.20. The van der Waals surface area contributed by atoms with E-state index in [1.807, 2.05) is 30.3 Å². The number of benzene rings is 3. The molecule has 9 nitrogen and oxygen atoms in total. The van der Waals surface area contributed by atoms with Crippen LogP contribution in [-0.2, 0) is 9.53 Å². The number of nitrogens with zero attached hydrogens (tertiary/aromatic N) is 3. The third-order valence-electron chi connectivity index (χ3n) is 5.76. The second-order valence-electron chi connectivity index (χ2n) is 8.96. The predicted octanol–water partition coefficient (Wildman–Crippen LogP) is 6.56. The summed E-state index contributed by atoms with van der Waals surface area (Å²) in [5.41, 5.74) is 1.41. The third kappa shape index (κ3) is 5.80. The first-order valence-corrected chi connectivity index (χ1v) is 13.8. The van der Waals surface area contributed by atoms with Crippen molar-refractivity contribution in [2.45, 2.75) is 20.0 Å². The van der Waals surface area contributed by atoms with E-state index in [9.17, 15) is 9.59 Å². The summed E-state index contributed by atoms with van der Waals surface area (Å²) in [5, 5.41) is 5.77. The van der Waals surface area contributed by atoms with Gasteiger partial charge in [-0.15, -0.1) is 0 Å². The van der Waals surface area contributed by atoms with Crippen LogP contribution in [0.25, 0.3) is 33.5 Å². The van der Waals surface area contributed by atoms with Crippen molar-refractivity contribution < 1.29 is 23.4 Å². The number of carbonyl (C=O) groups is 1. The van der Waals surface area contributed by atoms with Crippen molar-refractivity contribution >= 4 is 65.9 Å². The molecule has 0 fully saturated rings. The van der Waals surface area contributed by atoms with Crippen molar-refractivity contribution in [2.75, 3.05) is 13.7 Å². The van der Waals surface area contributed by atoms with E-state index in [4.69, 9.17) is 23.6 Å². The molecule has 3 aromatic carbocycles. The van der Waals surface area contributed by atoms with E-state index in [0.29, 0.717) is 43.8 Å². The standard InChI is InChI=1S/C29H23Br2N3O6/c1-16(2)39-27(35)15-38-25-13-21(31)18(12-24(25)37-3)14-32-34-28(33-22-7-5-4-6-20(22)29(34)36)26-11-17-10-19(30)8-9-23(17)40-26/h4-14,16H,15H2,1-3H3. The Morgan fingerprint density at radius 1 is 1.10 bits per heavy atom. The second-order valence-corrected chi connectivity index (χ2v) is 10.7. The van der Waals surface area contributed by atoms with E-state index < -0.39 is 5.97 Å². The number of furan rings is 1. The highest BCUT2D eigenvalue weighted by Gasteiger charge is 2.17. The van der Waals surface area contributed by atoms with Crippen LogP contribution in [0.4, 0.5) is 0 Å². The molecule has 0 radical (unpaired) electrons. The maximum atomic E-state index is 13.6. The molecule has 2 aromatic heterocycles. The van der Waals surface area contributed by atoms with Gasteiger partial charge in [0.2, 0.25) is 5.82 Å². The van der Waals surface area contributed by atoms with Crippen LogP contribution in [0.3, 0.4) is 0 Å². The first-order chi connectivity index (χ1) is 19.2. The smallest absolute Gasteiger partial charge is 0.344 e. The van der Waals surface area contributed by atoms with Gasteiger partial charge in [-0.1, -0.05) is 28.1 Å². The summed E-state index contributed by atoms with van der Waals surface area (Å²) in [6, 6.07) is 17.8. The van der Waals surface area contributed by atoms with Crippen molar-refractivity contribution in [3.05, 3.63) is 85.5 Å². The molecule has 5 aromatic rings. The lowest BCUT2D eigenvalue weighted by molar-refractivity contribution is -0.149. The molecule has 204 valence electrons. The summed E-state index contributed by atoms with van der Waals surface area (Å²) >= 11 is 6.99. The number of hydrogen-bond acceptors (Lipinski definition) is 8. The van der Waals surface area contributed by atoms with Gasteiger partial charge in [-0.3, -0.25) is 4.79 Å². The minimum Gasteiger partial charge on any atom is -0.493 e. The van der Waals surface area contributed by atoms with Crippen LogP contribution >= 0.6 is 31.9 Å². The highest BCUT2D eigenvalue weighted by atomic mass is 79.9. The molecule has 0 saturated heterocycles. The fourth-order valence-electron chi connectivity index (χ4n) is 3.99. The van der Waals surface area contributed by atoms with Crippen LogP contribution in [0.5, 0.6) is 11.5 Å². The molecule has 0 unspecified atom stereocenters. The van der Waals surface area contributed by atoms with E-state index in [1.54, 1.807) is 44.2 Å². The minimum atomic E-state index is -0.493.